The first-order valence-corrected chi connectivity index (χ1v) is 13.3. The van der Waals surface area contributed by atoms with Crippen molar-refractivity contribution in [2.75, 3.05) is 19.8 Å². The number of rotatable bonds is 3. The zero-order valence-electron chi connectivity index (χ0n) is 16.3. The molecule has 0 radical (unpaired) electrons. The number of allylic oxidation sites excluding steroid dienone is 1. The lowest BCUT2D eigenvalue weighted by Crippen LogP contribution is -2.65. The van der Waals surface area contributed by atoms with Crippen molar-refractivity contribution in [2.45, 2.75) is 76.9 Å². The van der Waals surface area contributed by atoms with Crippen LogP contribution in [0.3, 0.4) is 0 Å². The molecule has 1 N–H and O–H groups in total. The number of hydrogen-bond donors (Lipinski definition) is 1. The standard InChI is InChI=1S/C20H36O3Si/c1-15-14-17(24(4,5)6)19(3)16(18(15,2)10-11-21)8-7-9-20(19)22-12-13-23-20/h16-17,21H,1,7-14H2,2-6H3/t16-,17-,18+,19+/m0/s1. The smallest absolute Gasteiger partial charge is 0.174 e. The van der Waals surface area contributed by atoms with E-state index < -0.39 is 13.9 Å². The van der Waals surface area contributed by atoms with Crippen LogP contribution in [0.1, 0.15) is 46.0 Å². The van der Waals surface area contributed by atoms with Crippen molar-refractivity contribution >= 4 is 8.07 Å². The second-order valence-electron chi connectivity index (χ2n) is 9.79. The summed E-state index contributed by atoms with van der Waals surface area (Å²) in [5.74, 6) is 0.0557. The van der Waals surface area contributed by atoms with E-state index >= 15 is 0 Å². The van der Waals surface area contributed by atoms with Gasteiger partial charge in [-0.25, -0.2) is 0 Å². The molecule has 0 aromatic heterocycles. The Labute approximate surface area is 148 Å². The first-order valence-electron chi connectivity index (χ1n) is 9.69. The van der Waals surface area contributed by atoms with Crippen LogP contribution in [0.25, 0.3) is 0 Å². The molecule has 0 amide bonds. The number of aliphatic hydroxyl groups excluding tert-OH is 1. The molecular weight excluding hydrogens is 316 g/mol. The van der Waals surface area contributed by atoms with Crippen LogP contribution >= 0.6 is 0 Å². The third-order valence-electron chi connectivity index (χ3n) is 7.72. The first kappa shape index (κ1) is 18.6. The summed E-state index contributed by atoms with van der Waals surface area (Å²) in [5.41, 5.74) is 1.95. The molecule has 1 heterocycles. The monoisotopic (exact) mass is 352 g/mol. The van der Waals surface area contributed by atoms with Crippen molar-refractivity contribution in [1.29, 1.82) is 0 Å². The Bertz CT molecular complexity index is 506. The average molecular weight is 353 g/mol. The van der Waals surface area contributed by atoms with Crippen LogP contribution < -0.4 is 0 Å². The Balaban J connectivity index is 2.15. The maximum atomic E-state index is 9.76. The lowest BCUT2D eigenvalue weighted by atomic mass is 9.47. The van der Waals surface area contributed by atoms with Gasteiger partial charge in [-0.2, -0.15) is 0 Å². The van der Waals surface area contributed by atoms with Gasteiger partial charge in [0.2, 0.25) is 0 Å². The molecule has 1 aliphatic heterocycles. The fourth-order valence-corrected chi connectivity index (χ4v) is 9.58. The van der Waals surface area contributed by atoms with E-state index in [1.807, 2.05) is 0 Å². The minimum absolute atomic E-state index is 0.0112. The third-order valence-corrected chi connectivity index (χ3v) is 10.6. The van der Waals surface area contributed by atoms with Crippen LogP contribution in [-0.4, -0.2) is 38.8 Å². The highest BCUT2D eigenvalue weighted by molar-refractivity contribution is 6.77. The fourth-order valence-electron chi connectivity index (χ4n) is 6.50. The fraction of sp³-hybridized carbons (Fsp3) is 0.900. The van der Waals surface area contributed by atoms with E-state index in [2.05, 4.69) is 40.1 Å². The van der Waals surface area contributed by atoms with E-state index in [-0.39, 0.29) is 17.4 Å². The zero-order valence-corrected chi connectivity index (χ0v) is 17.3. The summed E-state index contributed by atoms with van der Waals surface area (Å²) in [7, 11) is -1.44. The molecule has 3 aliphatic rings. The van der Waals surface area contributed by atoms with E-state index in [0.29, 0.717) is 11.5 Å². The molecular formula is C20H36O3Si. The van der Waals surface area contributed by atoms with Gasteiger partial charge in [0.05, 0.1) is 13.2 Å². The summed E-state index contributed by atoms with van der Waals surface area (Å²) >= 11 is 0. The minimum atomic E-state index is -1.44. The normalized spacial score (nSPS) is 42.3. The van der Waals surface area contributed by atoms with Crippen LogP contribution in [0.2, 0.25) is 25.2 Å². The number of hydrogen-bond acceptors (Lipinski definition) is 3. The van der Waals surface area contributed by atoms with Crippen LogP contribution in [-0.2, 0) is 9.47 Å². The predicted molar refractivity (Wildman–Crippen MR) is 101 cm³/mol. The highest BCUT2D eigenvalue weighted by Crippen LogP contribution is 2.71. The molecule has 4 atom stereocenters. The van der Waals surface area contributed by atoms with Gasteiger partial charge in [0.25, 0.3) is 0 Å². The lowest BCUT2D eigenvalue weighted by molar-refractivity contribution is -0.286. The highest BCUT2D eigenvalue weighted by Gasteiger charge is 2.69. The van der Waals surface area contributed by atoms with Crippen molar-refractivity contribution in [1.82, 2.24) is 0 Å². The molecule has 2 saturated carbocycles. The summed E-state index contributed by atoms with van der Waals surface area (Å²) in [4.78, 5) is 0. The van der Waals surface area contributed by atoms with Gasteiger partial charge in [0.1, 0.15) is 0 Å². The van der Waals surface area contributed by atoms with E-state index in [9.17, 15) is 5.11 Å². The number of ether oxygens (including phenoxy) is 2. The molecule has 0 aromatic rings. The van der Waals surface area contributed by atoms with Crippen molar-refractivity contribution in [3.8, 4) is 0 Å². The van der Waals surface area contributed by atoms with Gasteiger partial charge in [-0.15, -0.1) is 0 Å². The van der Waals surface area contributed by atoms with Gasteiger partial charge in [0.15, 0.2) is 5.79 Å². The van der Waals surface area contributed by atoms with Gasteiger partial charge >= 0.3 is 0 Å². The number of aliphatic hydroxyl groups is 1. The Kier molecular flexibility index (Phi) is 4.60. The Hall–Kier alpha value is -0.163. The molecule has 3 fully saturated rings. The van der Waals surface area contributed by atoms with Gasteiger partial charge in [-0.1, -0.05) is 45.6 Å². The molecule has 1 spiro atoms. The molecule has 4 heteroatoms. The molecule has 2 aliphatic carbocycles. The maximum Gasteiger partial charge on any atom is 0.174 e. The summed E-state index contributed by atoms with van der Waals surface area (Å²) < 4.78 is 12.8. The van der Waals surface area contributed by atoms with Gasteiger partial charge in [-0.05, 0) is 42.6 Å². The second kappa shape index (κ2) is 5.93. The minimum Gasteiger partial charge on any atom is -0.396 e. The van der Waals surface area contributed by atoms with Gasteiger partial charge in [-0.3, -0.25) is 0 Å². The molecule has 1 saturated heterocycles. The van der Waals surface area contributed by atoms with Crippen molar-refractivity contribution in [2.24, 2.45) is 16.7 Å². The summed E-state index contributed by atoms with van der Waals surface area (Å²) in [6.45, 7) is 18.4. The number of fused-ring (bicyclic) bond motifs is 2. The molecule has 0 bridgehead atoms. The molecule has 138 valence electrons. The lowest BCUT2D eigenvalue weighted by Gasteiger charge is -2.66. The Morgan fingerprint density at radius 1 is 1.21 bits per heavy atom. The maximum absolute atomic E-state index is 9.76. The molecule has 3 nitrogen and oxygen atoms in total. The average Bonchev–Trinajstić information content (AvgIpc) is 2.95. The third kappa shape index (κ3) is 2.40. The first-order chi connectivity index (χ1) is 11.1. The van der Waals surface area contributed by atoms with Crippen LogP contribution in [0.15, 0.2) is 12.2 Å². The zero-order chi connectivity index (χ0) is 17.8. The summed E-state index contributed by atoms with van der Waals surface area (Å²) in [6, 6.07) is 0. The highest BCUT2D eigenvalue weighted by atomic mass is 28.3. The van der Waals surface area contributed by atoms with Crippen molar-refractivity contribution in [3.05, 3.63) is 12.2 Å². The molecule has 3 rings (SSSR count). The molecule has 0 unspecified atom stereocenters. The largest absolute Gasteiger partial charge is 0.396 e. The predicted octanol–water partition coefficient (Wildman–Crippen LogP) is 4.59. The van der Waals surface area contributed by atoms with E-state index in [0.717, 1.165) is 38.9 Å². The van der Waals surface area contributed by atoms with Gasteiger partial charge in [0, 0.05) is 26.5 Å². The van der Waals surface area contributed by atoms with Crippen molar-refractivity contribution in [3.63, 3.8) is 0 Å². The Morgan fingerprint density at radius 2 is 1.83 bits per heavy atom. The van der Waals surface area contributed by atoms with Gasteiger partial charge < -0.3 is 14.6 Å². The van der Waals surface area contributed by atoms with Crippen LogP contribution in [0.4, 0.5) is 0 Å². The quantitative estimate of drug-likeness (QED) is 0.596. The SMILES string of the molecule is C=C1C[C@H]([Si](C)(C)C)[C@@]2(C)[C@@H](CCCC23OCCO3)[C@]1(C)CCO. The second-order valence-corrected chi connectivity index (χ2v) is 15.2. The van der Waals surface area contributed by atoms with E-state index in [4.69, 9.17) is 9.47 Å². The summed E-state index contributed by atoms with van der Waals surface area (Å²) in [6.07, 6.45) is 5.23. The van der Waals surface area contributed by atoms with E-state index in [1.165, 1.54) is 12.0 Å². The summed E-state index contributed by atoms with van der Waals surface area (Å²) in [5, 5.41) is 9.76. The molecule has 0 aromatic carbocycles. The van der Waals surface area contributed by atoms with Crippen LogP contribution in [0, 0.1) is 16.7 Å². The van der Waals surface area contributed by atoms with Crippen molar-refractivity contribution < 1.29 is 14.6 Å². The Morgan fingerprint density at radius 3 is 2.38 bits per heavy atom. The van der Waals surface area contributed by atoms with E-state index in [1.54, 1.807) is 0 Å². The van der Waals surface area contributed by atoms with Crippen LogP contribution in [0.5, 0.6) is 0 Å². The topological polar surface area (TPSA) is 38.7 Å². The molecule has 24 heavy (non-hydrogen) atoms.